The minimum atomic E-state index is -0.840. The van der Waals surface area contributed by atoms with Gasteiger partial charge in [0.1, 0.15) is 6.10 Å². The molecule has 0 aliphatic heterocycles. The van der Waals surface area contributed by atoms with Gasteiger partial charge in [0, 0.05) is 19.6 Å². The Hall–Kier alpha value is -3.75. The Labute approximate surface area is 237 Å². The molecule has 0 aliphatic carbocycles. The van der Waals surface area contributed by atoms with E-state index in [0.717, 1.165) is 5.56 Å². The first-order chi connectivity index (χ1) is 19.3. The summed E-state index contributed by atoms with van der Waals surface area (Å²) in [6.07, 6.45) is 3.53. The predicted octanol–water partition coefficient (Wildman–Crippen LogP) is 3.92. The second-order valence-electron chi connectivity index (χ2n) is 9.83. The van der Waals surface area contributed by atoms with Crippen LogP contribution in [0.4, 0.5) is 0 Å². The Bertz CT molecular complexity index is 1080. The van der Waals surface area contributed by atoms with E-state index >= 15 is 0 Å². The molecule has 5 atom stereocenters. The Morgan fingerprint density at radius 3 is 2.10 bits per heavy atom. The van der Waals surface area contributed by atoms with E-state index in [-0.39, 0.29) is 32.0 Å². The molecule has 3 N–H and O–H groups in total. The number of aliphatic hydroxyl groups is 1. The number of hydrogen-bond donors (Lipinski definition) is 3. The number of ether oxygens (including phenoxy) is 2. The van der Waals surface area contributed by atoms with Crippen molar-refractivity contribution in [1.82, 2.24) is 10.6 Å². The van der Waals surface area contributed by atoms with Gasteiger partial charge in [-0.1, -0.05) is 72.8 Å². The third-order valence-corrected chi connectivity index (χ3v) is 6.46. The number of amides is 2. The van der Waals surface area contributed by atoms with Crippen molar-refractivity contribution in [2.75, 3.05) is 20.3 Å². The van der Waals surface area contributed by atoms with Crippen LogP contribution in [0.25, 0.3) is 0 Å². The molecule has 40 heavy (non-hydrogen) atoms. The summed E-state index contributed by atoms with van der Waals surface area (Å²) in [6.45, 7) is 9.06. The first-order valence-electron chi connectivity index (χ1n) is 13.5. The fourth-order valence-corrected chi connectivity index (χ4v) is 4.38. The summed E-state index contributed by atoms with van der Waals surface area (Å²) in [5, 5.41) is 14.9. The summed E-state index contributed by atoms with van der Waals surface area (Å²) in [4.78, 5) is 39.4. The van der Waals surface area contributed by atoms with E-state index in [2.05, 4.69) is 23.8 Å². The molecule has 0 spiro atoms. The van der Waals surface area contributed by atoms with Crippen LogP contribution in [0.5, 0.6) is 0 Å². The van der Waals surface area contributed by atoms with Crippen LogP contribution in [0.3, 0.4) is 0 Å². The Morgan fingerprint density at radius 2 is 1.52 bits per heavy atom. The van der Waals surface area contributed by atoms with Crippen LogP contribution in [0, 0.1) is 11.8 Å². The number of methoxy groups -OCH3 is 1. The molecule has 2 rings (SSSR count). The lowest BCUT2D eigenvalue weighted by atomic mass is 9.95. The standard InChI is InChI=1S/C32H42N2O6/c1-5-13-26(20-29(36)33-23(3)21-35)31(37)34-28(22-39-4)30(25-17-11-8-12-18-25)40-32(38)27(14-6-2)19-24-15-9-7-10-16-24/h5-12,15-18,23,26-28,30,35H,1-2,13-14,19-22H2,3-4H3,(H,33,36)(H,34,37)/t23-,26+,27-,28+,30+/m1/s1. The van der Waals surface area contributed by atoms with Crippen LogP contribution >= 0.6 is 0 Å². The highest BCUT2D eigenvalue weighted by atomic mass is 16.5. The van der Waals surface area contributed by atoms with Gasteiger partial charge in [-0.05, 0) is 37.3 Å². The number of rotatable bonds is 18. The van der Waals surface area contributed by atoms with Crippen LogP contribution < -0.4 is 10.6 Å². The molecule has 0 unspecified atom stereocenters. The number of aliphatic hydroxyl groups excluding tert-OH is 1. The number of nitrogens with one attached hydrogen (secondary N) is 2. The molecular weight excluding hydrogens is 508 g/mol. The molecule has 0 saturated carbocycles. The highest BCUT2D eigenvalue weighted by Crippen LogP contribution is 2.26. The van der Waals surface area contributed by atoms with Gasteiger partial charge in [0.15, 0.2) is 0 Å². The summed E-state index contributed by atoms with van der Waals surface area (Å²) in [5.74, 6) is -2.33. The predicted molar refractivity (Wildman–Crippen MR) is 155 cm³/mol. The number of benzene rings is 2. The first kappa shape index (κ1) is 32.5. The van der Waals surface area contributed by atoms with Gasteiger partial charge in [-0.15, -0.1) is 13.2 Å². The number of esters is 1. The molecule has 0 fully saturated rings. The maximum absolute atomic E-state index is 13.5. The normalized spacial score (nSPS) is 14.6. The highest BCUT2D eigenvalue weighted by Gasteiger charge is 2.33. The second kappa shape index (κ2) is 17.8. The SMILES string of the molecule is C=CC[C@@H](CC(=O)N[C@H](C)CO)C(=O)N[C@@H](COC)[C@@H](OC(=O)[C@H](CC=C)Cc1ccccc1)c1ccccc1. The minimum Gasteiger partial charge on any atom is -0.455 e. The van der Waals surface area contributed by atoms with E-state index in [0.29, 0.717) is 18.4 Å². The van der Waals surface area contributed by atoms with E-state index in [4.69, 9.17) is 9.47 Å². The lowest BCUT2D eigenvalue weighted by molar-refractivity contribution is -0.158. The van der Waals surface area contributed by atoms with Crippen LogP contribution in [0.1, 0.15) is 43.4 Å². The second-order valence-corrected chi connectivity index (χ2v) is 9.83. The van der Waals surface area contributed by atoms with Crippen LogP contribution in [0.15, 0.2) is 86.0 Å². The van der Waals surface area contributed by atoms with Crippen molar-refractivity contribution in [3.63, 3.8) is 0 Å². The van der Waals surface area contributed by atoms with E-state index in [1.807, 2.05) is 60.7 Å². The molecule has 2 aromatic carbocycles. The molecule has 2 amide bonds. The molecule has 8 heteroatoms. The fourth-order valence-electron chi connectivity index (χ4n) is 4.38. The van der Waals surface area contributed by atoms with Crippen LogP contribution in [0.2, 0.25) is 0 Å². The maximum atomic E-state index is 13.5. The molecule has 0 heterocycles. The van der Waals surface area contributed by atoms with Crippen molar-refractivity contribution < 1.29 is 29.0 Å². The molecule has 0 saturated heterocycles. The van der Waals surface area contributed by atoms with Crippen LogP contribution in [-0.2, 0) is 30.3 Å². The van der Waals surface area contributed by atoms with Crippen LogP contribution in [-0.4, -0.2) is 55.3 Å². The monoisotopic (exact) mass is 550 g/mol. The molecule has 0 bridgehead atoms. The van der Waals surface area contributed by atoms with Gasteiger partial charge in [0.25, 0.3) is 0 Å². The molecular formula is C32H42N2O6. The van der Waals surface area contributed by atoms with E-state index in [9.17, 15) is 19.5 Å². The van der Waals surface area contributed by atoms with Gasteiger partial charge in [-0.25, -0.2) is 0 Å². The average molecular weight is 551 g/mol. The van der Waals surface area contributed by atoms with Gasteiger partial charge in [0.05, 0.1) is 31.1 Å². The number of hydrogen-bond acceptors (Lipinski definition) is 6. The molecule has 0 aliphatic rings. The third kappa shape index (κ3) is 10.8. The molecule has 0 aromatic heterocycles. The summed E-state index contributed by atoms with van der Waals surface area (Å²) in [6, 6.07) is 17.7. The molecule has 8 nitrogen and oxygen atoms in total. The van der Waals surface area contributed by atoms with E-state index in [1.165, 1.54) is 7.11 Å². The maximum Gasteiger partial charge on any atom is 0.310 e. The smallest absolute Gasteiger partial charge is 0.310 e. The largest absolute Gasteiger partial charge is 0.455 e. The van der Waals surface area contributed by atoms with Crippen molar-refractivity contribution in [3.8, 4) is 0 Å². The summed E-state index contributed by atoms with van der Waals surface area (Å²) in [7, 11) is 1.50. The number of carbonyl (C=O) groups is 3. The van der Waals surface area contributed by atoms with Crippen molar-refractivity contribution in [3.05, 3.63) is 97.1 Å². The Morgan fingerprint density at radius 1 is 0.925 bits per heavy atom. The van der Waals surface area contributed by atoms with Crippen molar-refractivity contribution >= 4 is 17.8 Å². The van der Waals surface area contributed by atoms with Gasteiger partial charge in [-0.2, -0.15) is 0 Å². The van der Waals surface area contributed by atoms with E-state index < -0.39 is 41.9 Å². The molecule has 2 aromatic rings. The van der Waals surface area contributed by atoms with Gasteiger partial charge in [0.2, 0.25) is 11.8 Å². The highest BCUT2D eigenvalue weighted by molar-refractivity contribution is 5.86. The zero-order chi connectivity index (χ0) is 29.3. The fraction of sp³-hybridized carbons (Fsp3) is 0.406. The lowest BCUT2D eigenvalue weighted by Crippen LogP contribution is -2.47. The number of allylic oxidation sites excluding steroid dienone is 2. The van der Waals surface area contributed by atoms with Crippen molar-refractivity contribution in [2.24, 2.45) is 11.8 Å². The third-order valence-electron chi connectivity index (χ3n) is 6.46. The Balaban J connectivity index is 2.29. The zero-order valence-electron chi connectivity index (χ0n) is 23.5. The average Bonchev–Trinajstić information content (AvgIpc) is 2.96. The Kier molecular flexibility index (Phi) is 14.4. The van der Waals surface area contributed by atoms with E-state index in [1.54, 1.807) is 19.1 Å². The summed E-state index contributed by atoms with van der Waals surface area (Å²) < 4.78 is 11.5. The first-order valence-corrected chi connectivity index (χ1v) is 13.5. The topological polar surface area (TPSA) is 114 Å². The van der Waals surface area contributed by atoms with Crippen molar-refractivity contribution in [1.29, 1.82) is 0 Å². The zero-order valence-corrected chi connectivity index (χ0v) is 23.5. The minimum absolute atomic E-state index is 0.0674. The quantitative estimate of drug-likeness (QED) is 0.192. The lowest BCUT2D eigenvalue weighted by Gasteiger charge is -2.30. The van der Waals surface area contributed by atoms with Gasteiger partial charge >= 0.3 is 5.97 Å². The summed E-state index contributed by atoms with van der Waals surface area (Å²) >= 11 is 0. The van der Waals surface area contributed by atoms with Crippen molar-refractivity contribution in [2.45, 2.75) is 50.8 Å². The van der Waals surface area contributed by atoms with Gasteiger partial charge < -0.3 is 25.2 Å². The molecule has 0 radical (unpaired) electrons. The van der Waals surface area contributed by atoms with Gasteiger partial charge in [-0.3, -0.25) is 14.4 Å². The summed E-state index contributed by atoms with van der Waals surface area (Å²) in [5.41, 5.74) is 1.70. The number of carbonyl (C=O) groups excluding carboxylic acids is 3. The molecule has 216 valence electrons.